The van der Waals surface area contributed by atoms with E-state index in [1.165, 1.54) is 0 Å². The maximum Gasteiger partial charge on any atom is 0.243 e. The van der Waals surface area contributed by atoms with E-state index in [2.05, 4.69) is 5.43 Å². The largest absolute Gasteiger partial charge is 0.324 e. The standard InChI is InChI=1S/C14H25N3O2S/c1-11(2)9-17(10-12(3)4)20(18,19)14-7-5-13(16-15)6-8-14/h5-8,11-12,16H,9-10,15H2,1-4H3. The summed E-state index contributed by atoms with van der Waals surface area (Å²) >= 11 is 0. The van der Waals surface area contributed by atoms with Gasteiger partial charge in [-0.1, -0.05) is 27.7 Å². The number of nitrogen functional groups attached to an aromatic ring is 1. The van der Waals surface area contributed by atoms with E-state index in [0.717, 1.165) is 0 Å². The zero-order valence-electron chi connectivity index (χ0n) is 12.6. The molecular formula is C14H25N3O2S. The molecule has 6 heteroatoms. The van der Waals surface area contributed by atoms with Gasteiger partial charge in [0.1, 0.15) is 0 Å². The van der Waals surface area contributed by atoms with Crippen molar-refractivity contribution in [3.63, 3.8) is 0 Å². The highest BCUT2D eigenvalue weighted by molar-refractivity contribution is 7.89. The minimum absolute atomic E-state index is 0.286. The van der Waals surface area contributed by atoms with E-state index in [1.807, 2.05) is 27.7 Å². The quantitative estimate of drug-likeness (QED) is 0.598. The van der Waals surface area contributed by atoms with Crippen molar-refractivity contribution in [2.24, 2.45) is 17.7 Å². The van der Waals surface area contributed by atoms with Crippen LogP contribution in [0.5, 0.6) is 0 Å². The number of benzene rings is 1. The summed E-state index contributed by atoms with van der Waals surface area (Å²) in [5.41, 5.74) is 3.17. The van der Waals surface area contributed by atoms with E-state index < -0.39 is 10.0 Å². The number of rotatable bonds is 7. The van der Waals surface area contributed by atoms with Crippen LogP contribution in [0.15, 0.2) is 29.2 Å². The van der Waals surface area contributed by atoms with Crippen molar-refractivity contribution in [1.82, 2.24) is 4.31 Å². The predicted octanol–water partition coefficient (Wildman–Crippen LogP) is 2.27. The summed E-state index contributed by atoms with van der Waals surface area (Å²) in [6.45, 7) is 9.12. The zero-order chi connectivity index (χ0) is 15.3. The van der Waals surface area contributed by atoms with Crippen molar-refractivity contribution in [1.29, 1.82) is 0 Å². The Kier molecular flexibility index (Phi) is 5.98. The van der Waals surface area contributed by atoms with Crippen LogP contribution in [-0.4, -0.2) is 25.8 Å². The van der Waals surface area contributed by atoms with Gasteiger partial charge in [0.15, 0.2) is 0 Å². The minimum Gasteiger partial charge on any atom is -0.324 e. The number of nitrogens with one attached hydrogen (secondary N) is 1. The third kappa shape index (κ3) is 4.47. The average molecular weight is 299 g/mol. The van der Waals surface area contributed by atoms with Gasteiger partial charge in [-0.05, 0) is 36.1 Å². The molecule has 0 aliphatic rings. The van der Waals surface area contributed by atoms with Gasteiger partial charge in [0.05, 0.1) is 4.90 Å². The van der Waals surface area contributed by atoms with Crippen LogP contribution < -0.4 is 11.3 Å². The first kappa shape index (κ1) is 16.9. The summed E-state index contributed by atoms with van der Waals surface area (Å²) in [6, 6.07) is 6.49. The minimum atomic E-state index is -3.45. The van der Waals surface area contributed by atoms with Crippen LogP contribution in [0.25, 0.3) is 0 Å². The molecule has 0 fully saturated rings. The summed E-state index contributed by atoms with van der Waals surface area (Å²) < 4.78 is 26.9. The second-order valence-electron chi connectivity index (χ2n) is 5.78. The Labute approximate surface area is 122 Å². The molecular weight excluding hydrogens is 274 g/mol. The molecule has 0 aliphatic carbocycles. The first-order valence-electron chi connectivity index (χ1n) is 6.84. The molecule has 0 saturated carbocycles. The maximum absolute atomic E-state index is 12.7. The Morgan fingerprint density at radius 2 is 1.50 bits per heavy atom. The molecule has 0 spiro atoms. The summed E-state index contributed by atoms with van der Waals surface area (Å²) in [5.74, 6) is 5.86. The SMILES string of the molecule is CC(C)CN(CC(C)C)S(=O)(=O)c1ccc(NN)cc1. The number of nitrogens with zero attached hydrogens (tertiary/aromatic N) is 1. The van der Waals surface area contributed by atoms with E-state index >= 15 is 0 Å². The highest BCUT2D eigenvalue weighted by atomic mass is 32.2. The molecule has 0 aromatic heterocycles. The highest BCUT2D eigenvalue weighted by Crippen LogP contribution is 2.20. The van der Waals surface area contributed by atoms with Gasteiger partial charge >= 0.3 is 0 Å². The van der Waals surface area contributed by atoms with Crippen molar-refractivity contribution in [2.75, 3.05) is 18.5 Å². The lowest BCUT2D eigenvalue weighted by Crippen LogP contribution is -2.37. The summed E-state index contributed by atoms with van der Waals surface area (Å²) in [6.07, 6.45) is 0. The number of sulfonamides is 1. The molecule has 0 heterocycles. The molecule has 3 N–H and O–H groups in total. The molecule has 1 aromatic rings. The molecule has 0 atom stereocenters. The van der Waals surface area contributed by atoms with Crippen LogP contribution in [0.2, 0.25) is 0 Å². The van der Waals surface area contributed by atoms with Crippen LogP contribution in [0.1, 0.15) is 27.7 Å². The number of nitrogens with two attached hydrogens (primary N) is 1. The average Bonchev–Trinajstić information content (AvgIpc) is 2.37. The predicted molar refractivity (Wildman–Crippen MR) is 82.7 cm³/mol. The van der Waals surface area contributed by atoms with E-state index in [1.54, 1.807) is 28.6 Å². The van der Waals surface area contributed by atoms with E-state index in [-0.39, 0.29) is 11.8 Å². The fraction of sp³-hybridized carbons (Fsp3) is 0.571. The molecule has 1 aromatic carbocycles. The number of anilines is 1. The van der Waals surface area contributed by atoms with Gasteiger partial charge in [-0.2, -0.15) is 4.31 Å². The molecule has 5 nitrogen and oxygen atoms in total. The van der Waals surface area contributed by atoms with E-state index in [0.29, 0.717) is 23.7 Å². The fourth-order valence-corrected chi connectivity index (χ4v) is 3.72. The van der Waals surface area contributed by atoms with E-state index in [4.69, 9.17) is 5.84 Å². The monoisotopic (exact) mass is 299 g/mol. The smallest absolute Gasteiger partial charge is 0.243 e. The topological polar surface area (TPSA) is 75.4 Å². The molecule has 20 heavy (non-hydrogen) atoms. The van der Waals surface area contributed by atoms with Crippen LogP contribution in [0.3, 0.4) is 0 Å². The van der Waals surface area contributed by atoms with Crippen molar-refractivity contribution < 1.29 is 8.42 Å². The van der Waals surface area contributed by atoms with Gasteiger partial charge in [-0.25, -0.2) is 8.42 Å². The molecule has 0 radical (unpaired) electrons. The molecule has 0 aliphatic heterocycles. The maximum atomic E-state index is 12.7. The van der Waals surface area contributed by atoms with Gasteiger partial charge in [-0.3, -0.25) is 5.84 Å². The van der Waals surface area contributed by atoms with E-state index in [9.17, 15) is 8.42 Å². The first-order chi connectivity index (χ1) is 9.27. The second kappa shape index (κ2) is 7.06. The number of hydrazine groups is 1. The second-order valence-corrected chi connectivity index (χ2v) is 7.72. The Balaban J connectivity index is 3.07. The van der Waals surface area contributed by atoms with Gasteiger partial charge < -0.3 is 5.43 Å². The summed E-state index contributed by atoms with van der Waals surface area (Å²) in [5, 5.41) is 0. The molecule has 1 rings (SSSR count). The zero-order valence-corrected chi connectivity index (χ0v) is 13.4. The van der Waals surface area contributed by atoms with Crippen molar-refractivity contribution in [3.05, 3.63) is 24.3 Å². The summed E-state index contributed by atoms with van der Waals surface area (Å²) in [4.78, 5) is 0.304. The van der Waals surface area contributed by atoms with Gasteiger partial charge in [0.2, 0.25) is 10.0 Å². The van der Waals surface area contributed by atoms with Crippen LogP contribution in [0.4, 0.5) is 5.69 Å². The van der Waals surface area contributed by atoms with Crippen LogP contribution >= 0.6 is 0 Å². The van der Waals surface area contributed by atoms with Gasteiger partial charge in [-0.15, -0.1) is 0 Å². The Bertz CT molecular complexity index is 500. The fourth-order valence-electron chi connectivity index (χ4n) is 1.96. The van der Waals surface area contributed by atoms with Crippen molar-refractivity contribution >= 4 is 15.7 Å². The van der Waals surface area contributed by atoms with Crippen LogP contribution in [0, 0.1) is 11.8 Å². The van der Waals surface area contributed by atoms with Crippen molar-refractivity contribution in [2.45, 2.75) is 32.6 Å². The molecule has 0 unspecified atom stereocenters. The molecule has 0 amide bonds. The highest BCUT2D eigenvalue weighted by Gasteiger charge is 2.25. The van der Waals surface area contributed by atoms with Crippen LogP contribution in [-0.2, 0) is 10.0 Å². The lowest BCUT2D eigenvalue weighted by Gasteiger charge is -2.25. The first-order valence-corrected chi connectivity index (χ1v) is 8.28. The van der Waals surface area contributed by atoms with Gasteiger partial charge in [0, 0.05) is 18.8 Å². The third-order valence-electron chi connectivity index (χ3n) is 2.80. The molecule has 0 saturated heterocycles. The van der Waals surface area contributed by atoms with Crippen molar-refractivity contribution in [3.8, 4) is 0 Å². The van der Waals surface area contributed by atoms with Gasteiger partial charge in [0.25, 0.3) is 0 Å². The molecule has 114 valence electrons. The Morgan fingerprint density at radius 1 is 1.05 bits per heavy atom. The Hall–Kier alpha value is -1.11. The lowest BCUT2D eigenvalue weighted by molar-refractivity contribution is 0.333. The molecule has 0 bridgehead atoms. The normalized spacial score (nSPS) is 12.4. The summed E-state index contributed by atoms with van der Waals surface area (Å²) in [7, 11) is -3.45. The third-order valence-corrected chi connectivity index (χ3v) is 4.64. The number of hydrogen-bond acceptors (Lipinski definition) is 4. The number of hydrogen-bond donors (Lipinski definition) is 2. The Morgan fingerprint density at radius 3 is 1.85 bits per heavy atom. The lowest BCUT2D eigenvalue weighted by atomic mass is 10.2.